The van der Waals surface area contributed by atoms with Crippen molar-refractivity contribution in [2.75, 3.05) is 26.7 Å². The standard InChI is InChI=1S/C62H76BrFN12O17S/c1-93-41-20-22-42(23-21-41)94(91,92)76-50(33-55(83)84)62(90)74-47(25-27-54(81)82)59(87)70-35-52(78)72-48(31-36-10-9-11-40(64)30-36)60(88)75-49(32-38-34-69-44-13-5-4-12-43(38)44)61(89)73-46(24-26-53(79)80)58(86)68-29-7-2-3-15-51(77)71-45(57(66)85)14-6-8-28-67-56(65)37-16-18-39(63)19-17-37/h4-5,9-13,16-23,30,34,45-50,69,76H,2-3,6-8,14-15,24-29,31-33,35H2,1H3,(H2,65,67)(H2,66,85)(H,68,86)(H,70,87)(H,71,77)(H,72,78)(H,73,89)(H,74,90)(H,75,88)(H,79,80)(H,81,82)(H,83,84). The Morgan fingerprint density at radius 2 is 1.21 bits per heavy atom. The van der Waals surface area contributed by atoms with Crippen LogP contribution in [0.2, 0.25) is 0 Å². The van der Waals surface area contributed by atoms with Gasteiger partial charge in [0, 0.05) is 72.3 Å². The molecule has 0 aliphatic carbocycles. The molecule has 1 aromatic heterocycles. The Kier molecular flexibility index (Phi) is 30.0. The lowest BCUT2D eigenvalue weighted by atomic mass is 10.0. The Bertz CT molecular complexity index is 3630. The number of para-hydroxylation sites is 1. The van der Waals surface area contributed by atoms with Crippen molar-refractivity contribution in [3.8, 4) is 5.75 Å². The minimum Gasteiger partial charge on any atom is -0.497 e. The van der Waals surface area contributed by atoms with Gasteiger partial charge in [0.15, 0.2) is 0 Å². The van der Waals surface area contributed by atoms with E-state index in [4.69, 9.17) is 16.2 Å². The van der Waals surface area contributed by atoms with Crippen molar-refractivity contribution >= 4 is 108 Å². The second-order valence-corrected chi connectivity index (χ2v) is 24.3. The number of primary amides is 1. The Morgan fingerprint density at radius 3 is 1.83 bits per heavy atom. The van der Waals surface area contributed by atoms with Crippen molar-refractivity contribution in [1.82, 2.24) is 46.9 Å². The number of ether oxygens (including phenoxy) is 1. The number of halogens is 2. The first-order valence-corrected chi connectivity index (χ1v) is 32.0. The number of aromatic nitrogens is 1. The monoisotopic (exact) mass is 1390 g/mol. The van der Waals surface area contributed by atoms with Crippen LogP contribution in [0.15, 0.2) is 118 Å². The summed E-state index contributed by atoms with van der Waals surface area (Å²) < 4.78 is 49.0. The maximum absolute atomic E-state index is 14.6. The van der Waals surface area contributed by atoms with Crippen LogP contribution in [0.5, 0.6) is 5.75 Å². The molecular weight excluding hydrogens is 1320 g/mol. The molecule has 6 unspecified atom stereocenters. The maximum Gasteiger partial charge on any atom is 0.305 e. The van der Waals surface area contributed by atoms with Gasteiger partial charge in [-0.25, -0.2) is 12.8 Å². The molecule has 0 fully saturated rings. The van der Waals surface area contributed by atoms with Crippen molar-refractivity contribution in [3.63, 3.8) is 0 Å². The Balaban J connectivity index is 1.24. The highest BCUT2D eigenvalue weighted by Crippen LogP contribution is 2.21. The lowest BCUT2D eigenvalue weighted by Crippen LogP contribution is -2.58. The van der Waals surface area contributed by atoms with Crippen LogP contribution >= 0.6 is 15.9 Å². The number of carbonyl (C=O) groups is 11. The number of nitrogens with two attached hydrogens (primary N) is 2. The molecule has 32 heteroatoms. The number of nitrogens with one attached hydrogen (secondary N) is 9. The molecule has 5 rings (SSSR count). The number of carbonyl (C=O) groups excluding carboxylic acids is 8. The number of fused-ring (bicyclic) bond motifs is 1. The van der Waals surface area contributed by atoms with Gasteiger partial charge in [0.1, 0.15) is 53.7 Å². The van der Waals surface area contributed by atoms with E-state index >= 15 is 0 Å². The summed E-state index contributed by atoms with van der Waals surface area (Å²) in [6, 6.07) is 14.4. The third-order valence-corrected chi connectivity index (χ3v) is 16.5. The van der Waals surface area contributed by atoms with Gasteiger partial charge < -0.3 is 73.7 Å². The number of amidine groups is 1. The molecule has 0 saturated heterocycles. The number of aliphatic imine (C=N–C) groups is 1. The van der Waals surface area contributed by atoms with E-state index in [0.717, 1.165) is 34.3 Å². The maximum atomic E-state index is 14.6. The number of amides is 8. The van der Waals surface area contributed by atoms with Crippen LogP contribution in [-0.4, -0.2) is 163 Å². The number of aromatic amines is 1. The summed E-state index contributed by atoms with van der Waals surface area (Å²) >= 11 is 3.37. The van der Waals surface area contributed by atoms with Gasteiger partial charge in [-0.3, -0.25) is 57.7 Å². The van der Waals surface area contributed by atoms with Crippen molar-refractivity contribution in [3.05, 3.63) is 130 Å². The molecule has 506 valence electrons. The fourth-order valence-corrected chi connectivity index (χ4v) is 10.9. The molecule has 29 nitrogen and oxygen atoms in total. The topological polar surface area (TPSA) is 468 Å². The van der Waals surface area contributed by atoms with Gasteiger partial charge >= 0.3 is 17.9 Å². The molecule has 4 aromatic carbocycles. The highest BCUT2D eigenvalue weighted by Gasteiger charge is 2.34. The number of nitrogens with zero attached hydrogens (tertiary/aromatic N) is 1. The first-order chi connectivity index (χ1) is 44.7. The lowest BCUT2D eigenvalue weighted by molar-refractivity contribution is -0.140. The Hall–Kier alpha value is -9.82. The molecule has 6 atom stereocenters. The zero-order chi connectivity index (χ0) is 68.9. The van der Waals surface area contributed by atoms with E-state index in [9.17, 15) is 80.9 Å². The van der Waals surface area contributed by atoms with Crippen LogP contribution in [0.25, 0.3) is 10.9 Å². The van der Waals surface area contributed by atoms with Crippen LogP contribution in [0.4, 0.5) is 4.39 Å². The normalized spacial score (nSPS) is 13.3. The molecule has 94 heavy (non-hydrogen) atoms. The van der Waals surface area contributed by atoms with E-state index in [2.05, 4.69) is 63.1 Å². The van der Waals surface area contributed by atoms with Gasteiger partial charge in [-0.15, -0.1) is 0 Å². The predicted octanol–water partition coefficient (Wildman–Crippen LogP) is 1.69. The molecule has 0 radical (unpaired) electrons. The highest BCUT2D eigenvalue weighted by molar-refractivity contribution is 9.10. The molecule has 8 amide bonds. The molecule has 16 N–H and O–H groups in total. The van der Waals surface area contributed by atoms with Gasteiger partial charge in [-0.05, 0) is 111 Å². The fourth-order valence-electron chi connectivity index (χ4n) is 9.48. The van der Waals surface area contributed by atoms with E-state index in [1.54, 1.807) is 30.5 Å². The SMILES string of the molecule is COc1ccc(S(=O)(=O)NC(CC(=O)O)C(=O)NC(CCC(=O)O)C(=O)NCC(=O)NC(Cc2cccc(F)c2)C(=O)NC(Cc2c[nH]c3ccccc23)C(=O)NC(CCC(=O)O)C(=O)NCCCCCC(=O)NC(CCCCN=C(N)c2ccc(Br)cc2)C(N)=O)cc1. The predicted molar refractivity (Wildman–Crippen MR) is 342 cm³/mol. The first kappa shape index (κ1) is 74.9. The van der Waals surface area contributed by atoms with E-state index in [1.165, 1.54) is 31.4 Å². The number of carboxylic acids is 3. The van der Waals surface area contributed by atoms with Crippen molar-refractivity contribution in [2.45, 2.75) is 131 Å². The summed E-state index contributed by atoms with van der Waals surface area (Å²) in [5, 5.41) is 46.6. The molecule has 1 heterocycles. The molecule has 0 bridgehead atoms. The number of rotatable bonds is 41. The summed E-state index contributed by atoms with van der Waals surface area (Å²) in [6.45, 7) is -0.566. The number of H-pyrrole nitrogens is 1. The Morgan fingerprint density at radius 1 is 0.606 bits per heavy atom. The Labute approximate surface area is 548 Å². The van der Waals surface area contributed by atoms with Crippen LogP contribution in [-0.2, 0) is 75.6 Å². The highest BCUT2D eigenvalue weighted by atomic mass is 79.9. The van der Waals surface area contributed by atoms with Crippen molar-refractivity contribution in [2.24, 2.45) is 16.5 Å². The second kappa shape index (κ2) is 37.6. The van der Waals surface area contributed by atoms with Crippen LogP contribution in [0, 0.1) is 5.82 Å². The quantitative estimate of drug-likeness (QED) is 0.0150. The molecular formula is C62H76BrFN12O17S. The smallest absolute Gasteiger partial charge is 0.305 e. The number of carboxylic acid groups (broad SMARTS) is 3. The van der Waals surface area contributed by atoms with Gasteiger partial charge in [0.2, 0.25) is 57.3 Å². The zero-order valence-electron chi connectivity index (χ0n) is 51.1. The molecule has 0 aliphatic rings. The summed E-state index contributed by atoms with van der Waals surface area (Å²) in [6.07, 6.45) is -0.200. The van der Waals surface area contributed by atoms with E-state index in [0.29, 0.717) is 61.0 Å². The van der Waals surface area contributed by atoms with E-state index in [-0.39, 0.29) is 37.1 Å². The minimum atomic E-state index is -4.60. The second-order valence-electron chi connectivity index (χ2n) is 21.6. The third kappa shape index (κ3) is 25.7. The number of hydrogen-bond acceptors (Lipinski definition) is 15. The number of unbranched alkanes of at least 4 members (excludes halogenated alkanes) is 3. The summed E-state index contributed by atoms with van der Waals surface area (Å²) in [4.78, 5) is 151. The molecule has 5 aromatic rings. The van der Waals surface area contributed by atoms with Gasteiger partial charge in [-0.1, -0.05) is 64.8 Å². The third-order valence-electron chi connectivity index (χ3n) is 14.4. The molecule has 0 spiro atoms. The van der Waals surface area contributed by atoms with Gasteiger partial charge in [0.05, 0.1) is 25.0 Å². The average molecular weight is 1390 g/mol. The van der Waals surface area contributed by atoms with Crippen molar-refractivity contribution < 1.29 is 85.6 Å². The average Bonchev–Trinajstić information content (AvgIpc) is 1.40. The minimum absolute atomic E-state index is 0.0247. The number of aliphatic carboxylic acids is 3. The largest absolute Gasteiger partial charge is 0.497 e. The van der Waals surface area contributed by atoms with Gasteiger partial charge in [-0.2, -0.15) is 4.72 Å². The van der Waals surface area contributed by atoms with E-state index in [1.807, 2.05) is 29.0 Å². The fraction of sp³-hybridized carbons (Fsp3) is 0.387. The van der Waals surface area contributed by atoms with Crippen LogP contribution in [0.3, 0.4) is 0 Å². The number of sulfonamides is 1. The molecule has 0 aliphatic heterocycles. The number of hydrogen-bond donors (Lipinski definition) is 14. The van der Waals surface area contributed by atoms with Gasteiger partial charge in [0.25, 0.3) is 0 Å². The van der Waals surface area contributed by atoms with Crippen LogP contribution < -0.4 is 58.1 Å². The lowest BCUT2D eigenvalue weighted by Gasteiger charge is -2.26. The summed E-state index contributed by atoms with van der Waals surface area (Å²) in [7, 11) is -3.27. The van der Waals surface area contributed by atoms with Crippen LogP contribution in [0.1, 0.15) is 93.7 Å². The first-order valence-electron chi connectivity index (χ1n) is 29.7. The number of methoxy groups -OCH3 is 1. The van der Waals surface area contributed by atoms with Crippen molar-refractivity contribution in [1.29, 1.82) is 0 Å². The summed E-state index contributed by atoms with van der Waals surface area (Å²) in [5.41, 5.74) is 13.7. The van der Waals surface area contributed by atoms with E-state index < -0.39 is 167 Å². The number of benzene rings is 4. The molecule has 0 saturated carbocycles. The summed E-state index contributed by atoms with van der Waals surface area (Å²) in [5.74, 6) is -12.1. The zero-order valence-corrected chi connectivity index (χ0v) is 53.5.